The minimum atomic E-state index is -1.39. The number of aliphatic hydroxyl groups excluding tert-OH is 1. The van der Waals surface area contributed by atoms with Gasteiger partial charge in [0.25, 0.3) is 0 Å². The fourth-order valence-corrected chi connectivity index (χ4v) is 2.39. The van der Waals surface area contributed by atoms with Crippen LogP contribution in [0.15, 0.2) is 12.1 Å². The number of Topliss-reactive ketones (excluding diaryl/α,β-unsaturated/α-hetero) is 1. The molecule has 0 aromatic heterocycles. The second-order valence-corrected chi connectivity index (χ2v) is 5.74. The van der Waals surface area contributed by atoms with Gasteiger partial charge in [0.05, 0.1) is 5.60 Å². The quantitative estimate of drug-likeness (QED) is 0.652. The molecule has 0 spiro atoms. The van der Waals surface area contributed by atoms with Crippen molar-refractivity contribution in [2.75, 3.05) is 0 Å². The number of aliphatic hydroxyl groups is 2. The Morgan fingerprint density at radius 1 is 1.22 bits per heavy atom. The molecule has 1 aliphatic carbocycles. The van der Waals surface area contributed by atoms with E-state index in [1.165, 1.54) is 12.1 Å². The predicted molar refractivity (Wildman–Crippen MR) is 66.5 cm³/mol. The molecule has 1 aromatic carbocycles. The third-order valence-electron chi connectivity index (χ3n) is 4.31. The Morgan fingerprint density at radius 3 is 2.33 bits per heavy atom. The summed E-state index contributed by atoms with van der Waals surface area (Å²) in [5, 5.41) is 30.5. The van der Waals surface area contributed by atoms with E-state index in [9.17, 15) is 20.1 Å². The number of phenolic OH excluding ortho intramolecular Hbond substituents is 1. The van der Waals surface area contributed by atoms with Crippen LogP contribution < -0.4 is 0 Å². The first-order valence-corrected chi connectivity index (χ1v) is 5.89. The zero-order valence-corrected chi connectivity index (χ0v) is 11.0. The Balaban J connectivity index is 2.79. The Kier molecular flexibility index (Phi) is 2.58. The molecule has 0 fully saturated rings. The van der Waals surface area contributed by atoms with Crippen LogP contribution in [0.4, 0.5) is 0 Å². The van der Waals surface area contributed by atoms with Crippen LogP contribution in [0.1, 0.15) is 42.3 Å². The zero-order valence-electron chi connectivity index (χ0n) is 11.0. The van der Waals surface area contributed by atoms with E-state index in [1.807, 2.05) is 0 Å². The molecule has 1 aliphatic rings. The number of benzene rings is 1. The number of fused-ring (bicyclic) bond motifs is 1. The van der Waals surface area contributed by atoms with Crippen molar-refractivity contribution in [2.45, 2.75) is 39.4 Å². The van der Waals surface area contributed by atoms with Crippen molar-refractivity contribution < 1.29 is 20.1 Å². The summed E-state index contributed by atoms with van der Waals surface area (Å²) in [7, 11) is 0. The van der Waals surface area contributed by atoms with Crippen molar-refractivity contribution in [3.8, 4) is 5.75 Å². The van der Waals surface area contributed by atoms with Crippen LogP contribution in [-0.4, -0.2) is 27.2 Å². The highest BCUT2D eigenvalue weighted by Crippen LogP contribution is 2.49. The summed E-state index contributed by atoms with van der Waals surface area (Å²) in [5.74, 6) is -0.376. The van der Waals surface area contributed by atoms with Crippen LogP contribution in [0.3, 0.4) is 0 Å². The maximum atomic E-state index is 12.1. The number of ketones is 1. The number of carbonyl (C=O) groups is 1. The van der Waals surface area contributed by atoms with Gasteiger partial charge in [-0.15, -0.1) is 0 Å². The van der Waals surface area contributed by atoms with Crippen LogP contribution in [0.2, 0.25) is 0 Å². The van der Waals surface area contributed by atoms with Gasteiger partial charge in [-0.3, -0.25) is 4.79 Å². The van der Waals surface area contributed by atoms with E-state index < -0.39 is 22.9 Å². The van der Waals surface area contributed by atoms with Crippen LogP contribution in [0.5, 0.6) is 5.75 Å². The number of phenols is 1. The van der Waals surface area contributed by atoms with E-state index in [1.54, 1.807) is 27.7 Å². The van der Waals surface area contributed by atoms with Crippen LogP contribution in [0.25, 0.3) is 0 Å². The van der Waals surface area contributed by atoms with E-state index in [2.05, 4.69) is 0 Å². The number of hydrogen-bond donors (Lipinski definition) is 3. The van der Waals surface area contributed by atoms with E-state index >= 15 is 0 Å². The van der Waals surface area contributed by atoms with Gasteiger partial charge >= 0.3 is 0 Å². The molecule has 0 amide bonds. The van der Waals surface area contributed by atoms with Crippen LogP contribution >= 0.6 is 0 Å². The molecule has 0 saturated heterocycles. The number of rotatable bonds is 0. The minimum Gasteiger partial charge on any atom is -0.508 e. The minimum absolute atomic E-state index is 0.0361. The van der Waals surface area contributed by atoms with Gasteiger partial charge in [-0.2, -0.15) is 0 Å². The molecule has 4 nitrogen and oxygen atoms in total. The molecule has 0 bridgehead atoms. The average Bonchev–Trinajstić information content (AvgIpc) is 2.28. The predicted octanol–water partition coefficient (Wildman–Crippen LogP) is 1.49. The van der Waals surface area contributed by atoms with Gasteiger partial charge in [0.2, 0.25) is 0 Å². The number of carbonyl (C=O) groups excluding carboxylic acids is 1. The lowest BCUT2D eigenvalue weighted by atomic mass is 9.61. The first kappa shape index (κ1) is 13.1. The molecule has 18 heavy (non-hydrogen) atoms. The summed E-state index contributed by atoms with van der Waals surface area (Å²) < 4.78 is 0. The van der Waals surface area contributed by atoms with Crippen LogP contribution in [0, 0.1) is 12.3 Å². The molecule has 0 aliphatic heterocycles. The Hall–Kier alpha value is -1.39. The molecular formula is C14H18O4. The molecule has 4 heteroatoms. The lowest BCUT2D eigenvalue weighted by Gasteiger charge is -2.47. The second kappa shape index (κ2) is 3.56. The normalized spacial score (nSPS) is 30.1. The van der Waals surface area contributed by atoms with E-state index in [0.717, 1.165) is 0 Å². The SMILES string of the molecule is Cc1cc2c(cc1O)[C@@](C)(O)C(C)(C)[C@@H](O)C2=O. The third kappa shape index (κ3) is 1.42. The van der Waals surface area contributed by atoms with Gasteiger partial charge in [0.15, 0.2) is 5.78 Å². The highest BCUT2D eigenvalue weighted by Gasteiger charge is 2.54. The molecule has 0 saturated carbocycles. The third-order valence-corrected chi connectivity index (χ3v) is 4.31. The van der Waals surface area contributed by atoms with Crippen molar-refractivity contribution in [3.63, 3.8) is 0 Å². The number of aryl methyl sites for hydroxylation is 1. The highest BCUT2D eigenvalue weighted by molar-refractivity contribution is 6.03. The molecular weight excluding hydrogens is 232 g/mol. The van der Waals surface area contributed by atoms with Crippen molar-refractivity contribution in [3.05, 3.63) is 28.8 Å². The lowest BCUT2D eigenvalue weighted by molar-refractivity contribution is -0.114. The maximum absolute atomic E-state index is 12.1. The molecule has 1 aromatic rings. The van der Waals surface area contributed by atoms with E-state index in [4.69, 9.17) is 0 Å². The van der Waals surface area contributed by atoms with Crippen molar-refractivity contribution >= 4 is 5.78 Å². The van der Waals surface area contributed by atoms with Crippen molar-refractivity contribution in [1.29, 1.82) is 0 Å². The summed E-state index contributed by atoms with van der Waals surface area (Å²) in [6.45, 7) is 6.49. The summed E-state index contributed by atoms with van der Waals surface area (Å²) in [6, 6.07) is 2.93. The van der Waals surface area contributed by atoms with Gasteiger partial charge in [-0.05, 0) is 37.1 Å². The molecule has 2 rings (SSSR count). The molecule has 0 radical (unpaired) electrons. The van der Waals surface area contributed by atoms with Crippen LogP contribution in [-0.2, 0) is 5.60 Å². The summed E-state index contributed by atoms with van der Waals surface area (Å²) in [6.07, 6.45) is -1.26. The standard InChI is InChI=1S/C14H18O4/c1-7-5-8-9(6-10(7)15)14(4,18)13(2,3)12(17)11(8)16/h5-6,12,15,17-18H,1-4H3/t12-,14+/m0/s1. The largest absolute Gasteiger partial charge is 0.508 e. The summed E-state index contributed by atoms with van der Waals surface area (Å²) in [4.78, 5) is 12.1. The maximum Gasteiger partial charge on any atom is 0.192 e. The van der Waals surface area contributed by atoms with Gasteiger partial charge in [-0.1, -0.05) is 13.8 Å². The lowest BCUT2D eigenvalue weighted by Crippen LogP contribution is -2.55. The molecule has 98 valence electrons. The molecule has 3 N–H and O–H groups in total. The topological polar surface area (TPSA) is 77.8 Å². The van der Waals surface area contributed by atoms with Gasteiger partial charge < -0.3 is 15.3 Å². The van der Waals surface area contributed by atoms with Gasteiger partial charge in [0.1, 0.15) is 11.9 Å². The summed E-state index contributed by atoms with van der Waals surface area (Å²) in [5.41, 5.74) is -1.21. The molecule has 0 unspecified atom stereocenters. The second-order valence-electron chi connectivity index (χ2n) is 5.74. The Bertz CT molecular complexity index is 529. The monoisotopic (exact) mass is 250 g/mol. The first-order valence-electron chi connectivity index (χ1n) is 5.89. The van der Waals surface area contributed by atoms with Gasteiger partial charge in [-0.25, -0.2) is 0 Å². The molecule has 0 heterocycles. The fourth-order valence-electron chi connectivity index (χ4n) is 2.39. The number of aromatic hydroxyl groups is 1. The van der Waals surface area contributed by atoms with Crippen molar-refractivity contribution in [2.24, 2.45) is 5.41 Å². The Morgan fingerprint density at radius 2 is 1.78 bits per heavy atom. The van der Waals surface area contributed by atoms with E-state index in [0.29, 0.717) is 11.1 Å². The summed E-state index contributed by atoms with van der Waals surface area (Å²) >= 11 is 0. The number of hydrogen-bond acceptors (Lipinski definition) is 4. The average molecular weight is 250 g/mol. The van der Waals surface area contributed by atoms with Crippen molar-refractivity contribution in [1.82, 2.24) is 0 Å². The smallest absolute Gasteiger partial charge is 0.192 e. The Labute approximate surface area is 106 Å². The highest BCUT2D eigenvalue weighted by atomic mass is 16.3. The zero-order chi connectivity index (χ0) is 13.9. The molecule has 2 atom stereocenters. The van der Waals surface area contributed by atoms with E-state index in [-0.39, 0.29) is 11.3 Å². The van der Waals surface area contributed by atoms with Gasteiger partial charge in [0, 0.05) is 11.0 Å². The first-order chi connectivity index (χ1) is 8.10. The fraction of sp³-hybridized carbons (Fsp3) is 0.500.